The van der Waals surface area contributed by atoms with Crippen molar-refractivity contribution in [2.75, 3.05) is 0 Å². The normalized spacial score (nSPS) is 19.7. The van der Waals surface area contributed by atoms with Crippen molar-refractivity contribution < 1.29 is 4.39 Å². The van der Waals surface area contributed by atoms with Crippen molar-refractivity contribution in [1.29, 1.82) is 0 Å². The molecule has 88 valence electrons. The van der Waals surface area contributed by atoms with Gasteiger partial charge >= 0.3 is 0 Å². The summed E-state index contributed by atoms with van der Waals surface area (Å²) >= 11 is 5.77. The molecule has 3 heteroatoms. The molecule has 0 saturated heterocycles. The first-order valence-corrected chi connectivity index (χ1v) is 6.27. The van der Waals surface area contributed by atoms with Crippen LogP contribution in [0.2, 0.25) is 5.02 Å². The Morgan fingerprint density at radius 3 is 2.62 bits per heavy atom. The van der Waals surface area contributed by atoms with Crippen LogP contribution in [0.4, 0.5) is 4.39 Å². The van der Waals surface area contributed by atoms with Crippen LogP contribution in [0.5, 0.6) is 0 Å². The van der Waals surface area contributed by atoms with E-state index in [1.165, 1.54) is 19.3 Å². The second-order valence-corrected chi connectivity index (χ2v) is 4.97. The highest BCUT2D eigenvalue weighted by atomic mass is 35.5. The summed E-state index contributed by atoms with van der Waals surface area (Å²) in [7, 11) is 0. The molecule has 0 radical (unpaired) electrons. The van der Waals surface area contributed by atoms with Gasteiger partial charge in [0.25, 0.3) is 0 Å². The van der Waals surface area contributed by atoms with Gasteiger partial charge in [0.2, 0.25) is 0 Å². The van der Waals surface area contributed by atoms with Gasteiger partial charge in [-0.15, -0.1) is 0 Å². The van der Waals surface area contributed by atoms with Crippen molar-refractivity contribution in [2.45, 2.75) is 38.1 Å². The van der Waals surface area contributed by atoms with Gasteiger partial charge in [-0.3, -0.25) is 0 Å². The topological polar surface area (TPSA) is 26.0 Å². The molecule has 1 unspecified atom stereocenters. The van der Waals surface area contributed by atoms with Gasteiger partial charge in [-0.1, -0.05) is 43.0 Å². The van der Waals surface area contributed by atoms with Crippen LogP contribution in [0.3, 0.4) is 0 Å². The highest BCUT2D eigenvalue weighted by Crippen LogP contribution is 2.34. The maximum absolute atomic E-state index is 13.8. The van der Waals surface area contributed by atoms with Gasteiger partial charge in [-0.05, 0) is 24.8 Å². The molecule has 0 amide bonds. The molecular formula is C13H17ClFN. The van der Waals surface area contributed by atoms with Gasteiger partial charge in [-0.25, -0.2) is 4.39 Å². The summed E-state index contributed by atoms with van der Waals surface area (Å²) in [5.74, 6) is 0.0592. The van der Waals surface area contributed by atoms with Crippen LogP contribution in [0.25, 0.3) is 0 Å². The van der Waals surface area contributed by atoms with Gasteiger partial charge < -0.3 is 5.73 Å². The van der Waals surface area contributed by atoms with Gasteiger partial charge in [0.05, 0.1) is 5.02 Å². The summed E-state index contributed by atoms with van der Waals surface area (Å²) in [5, 5.41) is 0.170. The Hall–Kier alpha value is -0.600. The molecule has 1 atom stereocenters. The molecule has 0 aliphatic heterocycles. The van der Waals surface area contributed by atoms with Crippen molar-refractivity contribution in [3.8, 4) is 0 Å². The molecule has 0 bridgehead atoms. The zero-order chi connectivity index (χ0) is 11.5. The van der Waals surface area contributed by atoms with Crippen LogP contribution in [-0.2, 0) is 0 Å². The number of rotatable bonds is 2. The molecule has 2 rings (SSSR count). The molecule has 1 nitrogen and oxygen atoms in total. The van der Waals surface area contributed by atoms with Crippen LogP contribution in [-0.4, -0.2) is 0 Å². The van der Waals surface area contributed by atoms with Crippen molar-refractivity contribution in [3.63, 3.8) is 0 Å². The molecule has 0 spiro atoms. The largest absolute Gasteiger partial charge is 0.324 e. The van der Waals surface area contributed by atoms with Crippen molar-refractivity contribution in [1.82, 2.24) is 0 Å². The molecule has 16 heavy (non-hydrogen) atoms. The van der Waals surface area contributed by atoms with Crippen molar-refractivity contribution >= 4 is 11.6 Å². The van der Waals surface area contributed by atoms with Crippen LogP contribution in [0, 0.1) is 11.7 Å². The van der Waals surface area contributed by atoms with E-state index >= 15 is 0 Å². The summed E-state index contributed by atoms with van der Waals surface area (Å²) in [6.07, 6.45) is 5.91. The first kappa shape index (κ1) is 11.9. The van der Waals surface area contributed by atoms with Gasteiger partial charge in [-0.2, -0.15) is 0 Å². The van der Waals surface area contributed by atoms with E-state index in [0.29, 0.717) is 11.5 Å². The fraction of sp³-hybridized carbons (Fsp3) is 0.538. The van der Waals surface area contributed by atoms with Crippen LogP contribution in [0.1, 0.15) is 43.7 Å². The summed E-state index contributed by atoms with van der Waals surface area (Å²) in [4.78, 5) is 0. The second kappa shape index (κ2) is 5.15. The molecule has 1 saturated carbocycles. The molecule has 1 aliphatic rings. The lowest BCUT2D eigenvalue weighted by Crippen LogP contribution is -2.24. The van der Waals surface area contributed by atoms with E-state index in [2.05, 4.69) is 0 Å². The summed E-state index contributed by atoms with van der Waals surface area (Å²) in [5.41, 5.74) is 6.71. The average Bonchev–Trinajstić information content (AvgIpc) is 2.33. The number of hydrogen-bond acceptors (Lipinski definition) is 1. The van der Waals surface area contributed by atoms with E-state index < -0.39 is 0 Å². The third kappa shape index (κ3) is 2.38. The predicted octanol–water partition coefficient (Wildman–Crippen LogP) is 4.06. The minimum atomic E-state index is -0.345. The SMILES string of the molecule is NC(c1cccc(Cl)c1F)C1CCCCC1. The van der Waals surface area contributed by atoms with Crippen LogP contribution in [0.15, 0.2) is 18.2 Å². The van der Waals surface area contributed by atoms with E-state index in [1.54, 1.807) is 18.2 Å². The molecule has 1 fully saturated rings. The zero-order valence-corrected chi connectivity index (χ0v) is 10.0. The van der Waals surface area contributed by atoms with Crippen LogP contribution < -0.4 is 5.73 Å². The fourth-order valence-corrected chi connectivity index (χ4v) is 2.71. The maximum atomic E-state index is 13.8. The van der Waals surface area contributed by atoms with Gasteiger partial charge in [0.15, 0.2) is 0 Å². The third-order valence-corrected chi connectivity index (χ3v) is 3.79. The van der Waals surface area contributed by atoms with E-state index in [0.717, 1.165) is 12.8 Å². The van der Waals surface area contributed by atoms with E-state index in [4.69, 9.17) is 17.3 Å². The molecular weight excluding hydrogens is 225 g/mol. The number of hydrogen-bond donors (Lipinski definition) is 1. The maximum Gasteiger partial charge on any atom is 0.146 e. The van der Waals surface area contributed by atoms with E-state index in [-0.39, 0.29) is 16.9 Å². The highest BCUT2D eigenvalue weighted by molar-refractivity contribution is 6.30. The lowest BCUT2D eigenvalue weighted by molar-refractivity contribution is 0.303. The lowest BCUT2D eigenvalue weighted by atomic mass is 9.81. The quantitative estimate of drug-likeness (QED) is 0.830. The summed E-state index contributed by atoms with van der Waals surface area (Å²) in [6, 6.07) is 4.87. The van der Waals surface area contributed by atoms with Crippen molar-refractivity contribution in [2.24, 2.45) is 11.7 Å². The molecule has 0 aromatic heterocycles. The van der Waals surface area contributed by atoms with Crippen LogP contribution >= 0.6 is 11.6 Å². The smallest absolute Gasteiger partial charge is 0.146 e. The lowest BCUT2D eigenvalue weighted by Gasteiger charge is -2.28. The molecule has 0 heterocycles. The molecule has 1 aliphatic carbocycles. The predicted molar refractivity (Wildman–Crippen MR) is 64.9 cm³/mol. The molecule has 1 aromatic carbocycles. The first-order chi connectivity index (χ1) is 7.70. The number of halogens is 2. The zero-order valence-electron chi connectivity index (χ0n) is 9.26. The Bertz CT molecular complexity index is 361. The number of nitrogens with two attached hydrogens (primary N) is 1. The Labute approximate surface area is 101 Å². The Morgan fingerprint density at radius 2 is 1.94 bits per heavy atom. The fourth-order valence-electron chi connectivity index (χ4n) is 2.53. The standard InChI is InChI=1S/C13H17ClFN/c14-11-8-4-7-10(12(11)15)13(16)9-5-2-1-3-6-9/h4,7-9,13H,1-3,5-6,16H2. The summed E-state index contributed by atoms with van der Waals surface area (Å²) < 4.78 is 13.8. The second-order valence-electron chi connectivity index (χ2n) is 4.57. The highest BCUT2D eigenvalue weighted by Gasteiger charge is 2.24. The number of benzene rings is 1. The average molecular weight is 242 g/mol. The van der Waals surface area contributed by atoms with E-state index in [9.17, 15) is 4.39 Å². The summed E-state index contributed by atoms with van der Waals surface area (Å²) in [6.45, 7) is 0. The van der Waals surface area contributed by atoms with Gasteiger partial charge in [0.1, 0.15) is 5.82 Å². The molecule has 2 N–H and O–H groups in total. The van der Waals surface area contributed by atoms with Crippen molar-refractivity contribution in [3.05, 3.63) is 34.6 Å². The molecule has 1 aromatic rings. The monoisotopic (exact) mass is 241 g/mol. The minimum absolute atomic E-state index is 0.170. The third-order valence-electron chi connectivity index (χ3n) is 3.50. The first-order valence-electron chi connectivity index (χ1n) is 5.89. The Kier molecular flexibility index (Phi) is 3.82. The minimum Gasteiger partial charge on any atom is -0.324 e. The van der Waals surface area contributed by atoms with Gasteiger partial charge in [0, 0.05) is 11.6 Å². The Balaban J connectivity index is 2.19. The Morgan fingerprint density at radius 1 is 1.25 bits per heavy atom. The van der Waals surface area contributed by atoms with E-state index in [1.807, 2.05) is 0 Å².